The molecule has 0 spiro atoms. The topological polar surface area (TPSA) is 30.7 Å². The van der Waals surface area contributed by atoms with Gasteiger partial charge < -0.3 is 9.55 Å². The van der Waals surface area contributed by atoms with Gasteiger partial charge in [-0.3, -0.25) is 16.3 Å². The van der Waals surface area contributed by atoms with Crippen molar-refractivity contribution in [3.8, 4) is 61.7 Å². The number of aromatic nitrogens is 3. The third-order valence-corrected chi connectivity index (χ3v) is 11.6. The Morgan fingerprint density at radius 1 is 0.574 bits per heavy atom. The van der Waals surface area contributed by atoms with E-state index < -0.39 is 13.7 Å². The van der Waals surface area contributed by atoms with Gasteiger partial charge in [-0.1, -0.05) is 186 Å². The number of imidazole rings is 1. The van der Waals surface area contributed by atoms with Crippen molar-refractivity contribution in [2.75, 3.05) is 0 Å². The van der Waals surface area contributed by atoms with E-state index in [4.69, 9.17) is 13.2 Å². The molecule has 11 aromatic rings. The second-order valence-corrected chi connectivity index (χ2v) is 15.3. The fraction of sp³-hybridized carbons (Fsp3) is 0.0357. The summed E-state index contributed by atoms with van der Waals surface area (Å²) in [6.45, 7) is -4.34. The molecule has 0 amide bonds. The van der Waals surface area contributed by atoms with Crippen molar-refractivity contribution < 1.29 is 28.3 Å². The van der Waals surface area contributed by atoms with Crippen molar-refractivity contribution in [1.82, 2.24) is 14.5 Å². The first-order chi connectivity index (χ1) is 32.0. The van der Waals surface area contributed by atoms with Crippen LogP contribution >= 0.6 is 11.3 Å². The molecule has 3 aromatic heterocycles. The predicted molar refractivity (Wildman–Crippen MR) is 253 cm³/mol. The standard InChI is InChI=1S/C43H27N2S.C13H12N.Ir/c1-3-13-30(14-4-1)35-21-12-22-36(31-15-5-2-6-16-31)42(35)45-40-24-10-9-23-39(40)44-43(45)38-28-46-41-26-25-32(27-37(38)41)34-20-11-18-29-17-7-8-19-33(29)34;1-10-3-6-12(7-4-10)13-8-5-11(2)9-14-13;/h1-27H;3-6,8-9H,1-2H3;/q2*-1;/i;1D3,2D3;. The number of rotatable bonds is 6. The van der Waals surface area contributed by atoms with Crippen molar-refractivity contribution in [3.63, 3.8) is 0 Å². The van der Waals surface area contributed by atoms with Crippen molar-refractivity contribution in [2.24, 2.45) is 0 Å². The Bertz CT molecular complexity index is 3370. The van der Waals surface area contributed by atoms with E-state index in [-0.39, 0.29) is 31.2 Å². The van der Waals surface area contributed by atoms with Gasteiger partial charge in [0.15, 0.2) is 0 Å². The summed E-state index contributed by atoms with van der Waals surface area (Å²) in [7, 11) is 0. The number of nitrogens with zero attached hydrogens (tertiary/aromatic N) is 3. The summed E-state index contributed by atoms with van der Waals surface area (Å²) in [5.41, 5.74) is 12.7. The van der Waals surface area contributed by atoms with Gasteiger partial charge in [0.05, 0.1) is 22.5 Å². The van der Waals surface area contributed by atoms with Crippen LogP contribution in [0.25, 0.3) is 93.6 Å². The van der Waals surface area contributed by atoms with E-state index in [1.54, 1.807) is 23.5 Å². The molecule has 0 bridgehead atoms. The van der Waals surface area contributed by atoms with Crippen LogP contribution < -0.4 is 0 Å². The Balaban J connectivity index is 0.000000226. The molecule has 11 rings (SSSR count). The van der Waals surface area contributed by atoms with Crippen molar-refractivity contribution >= 4 is 43.2 Å². The molecule has 61 heavy (non-hydrogen) atoms. The fourth-order valence-electron chi connectivity index (χ4n) is 7.83. The summed E-state index contributed by atoms with van der Waals surface area (Å²) in [6.07, 6.45) is 1.30. The molecular formula is C56H39IrN3S-2. The molecule has 5 heteroatoms. The first-order valence-electron chi connectivity index (χ1n) is 22.6. The third kappa shape index (κ3) is 7.88. The van der Waals surface area contributed by atoms with Gasteiger partial charge in [-0.15, -0.1) is 40.8 Å². The van der Waals surface area contributed by atoms with E-state index >= 15 is 0 Å². The summed E-state index contributed by atoms with van der Waals surface area (Å²) in [4.78, 5) is 9.42. The molecule has 0 atom stereocenters. The molecule has 0 N–H and O–H groups in total. The maximum Gasteiger partial charge on any atom is 0.0774 e. The van der Waals surface area contributed by atoms with Gasteiger partial charge in [-0.2, -0.15) is 0 Å². The summed E-state index contributed by atoms with van der Waals surface area (Å²) in [5.74, 6) is 0.892. The van der Waals surface area contributed by atoms with Crippen LogP contribution in [-0.4, -0.2) is 14.5 Å². The van der Waals surface area contributed by atoms with Crippen LogP contribution in [-0.2, 0) is 20.1 Å². The zero-order valence-corrected chi connectivity index (χ0v) is 35.8. The SMILES string of the molecule is [2H]C([2H])([2H])c1c[c-]c(-c2ccc(C([2H])([2H])[2H])cn2)cc1.[Ir].[c-]1sc2ccc(-c3cccc4ccccc34)cc2c1-c1nc2ccccc2n1-c1c(-c2ccccc2)cccc1-c1ccccc1. The number of aryl methyl sites for hydroxylation is 2. The maximum absolute atomic E-state index is 7.28. The number of fused-ring (bicyclic) bond motifs is 3. The number of hydrogen-bond acceptors (Lipinski definition) is 3. The van der Waals surface area contributed by atoms with E-state index in [2.05, 4.69) is 185 Å². The van der Waals surface area contributed by atoms with Crippen LogP contribution in [0.5, 0.6) is 0 Å². The Labute approximate surface area is 382 Å². The van der Waals surface area contributed by atoms with Crippen LogP contribution in [0.2, 0.25) is 0 Å². The van der Waals surface area contributed by atoms with Crippen molar-refractivity contribution in [1.29, 1.82) is 0 Å². The smallest absolute Gasteiger partial charge is 0.0774 e. The van der Waals surface area contributed by atoms with Gasteiger partial charge in [0, 0.05) is 45.7 Å². The number of pyridine rings is 1. The third-order valence-electron chi connectivity index (χ3n) is 10.7. The van der Waals surface area contributed by atoms with Crippen LogP contribution in [0.15, 0.2) is 200 Å². The van der Waals surface area contributed by atoms with Crippen LogP contribution in [0.4, 0.5) is 0 Å². The summed E-state index contributed by atoms with van der Waals surface area (Å²) in [5, 5.41) is 7.34. The molecule has 3 nitrogen and oxygen atoms in total. The molecule has 0 saturated carbocycles. The minimum Gasteiger partial charge on any atom is -0.332 e. The van der Waals surface area contributed by atoms with Crippen molar-refractivity contribution in [3.05, 3.63) is 223 Å². The van der Waals surface area contributed by atoms with E-state index in [1.807, 2.05) is 0 Å². The molecule has 1 radical (unpaired) electrons. The Morgan fingerprint density at radius 3 is 1.97 bits per heavy atom. The zero-order chi connectivity index (χ0) is 45.4. The average molecular weight is 984 g/mol. The monoisotopic (exact) mass is 984 g/mol. The average Bonchev–Trinajstić information content (AvgIpc) is 3.95. The Hall–Kier alpha value is -6.75. The Kier molecular flexibility index (Phi) is 9.45. The molecule has 0 fully saturated rings. The molecular weight excluding hydrogens is 939 g/mol. The maximum atomic E-state index is 7.28. The zero-order valence-electron chi connectivity index (χ0n) is 38.6. The first kappa shape index (κ1) is 33.0. The molecule has 0 aliphatic heterocycles. The van der Waals surface area contributed by atoms with Gasteiger partial charge in [-0.25, -0.2) is 0 Å². The summed E-state index contributed by atoms with van der Waals surface area (Å²) < 4.78 is 47.2. The van der Waals surface area contributed by atoms with Gasteiger partial charge >= 0.3 is 0 Å². The molecule has 3 heterocycles. The van der Waals surface area contributed by atoms with Gasteiger partial charge in [-0.05, 0) is 63.3 Å². The van der Waals surface area contributed by atoms with Crippen LogP contribution in [0.3, 0.4) is 0 Å². The molecule has 0 aliphatic rings. The predicted octanol–water partition coefficient (Wildman–Crippen LogP) is 15.0. The minimum absolute atomic E-state index is 0. The normalized spacial score (nSPS) is 12.9. The van der Waals surface area contributed by atoms with Gasteiger partial charge in [0.1, 0.15) is 0 Å². The van der Waals surface area contributed by atoms with E-state index in [9.17, 15) is 0 Å². The summed E-state index contributed by atoms with van der Waals surface area (Å²) >= 11 is 1.65. The van der Waals surface area contributed by atoms with E-state index in [0.717, 1.165) is 55.7 Å². The second-order valence-electron chi connectivity index (χ2n) is 14.4. The van der Waals surface area contributed by atoms with Crippen LogP contribution in [0, 0.1) is 25.2 Å². The first-order valence-corrected chi connectivity index (χ1v) is 20.5. The fourth-order valence-corrected chi connectivity index (χ4v) is 8.65. The quantitative estimate of drug-likeness (QED) is 0.155. The minimum atomic E-state index is -2.18. The Morgan fingerprint density at radius 2 is 1.25 bits per heavy atom. The molecule has 8 aromatic carbocycles. The molecule has 0 saturated heterocycles. The number of hydrogen-bond donors (Lipinski definition) is 0. The van der Waals surface area contributed by atoms with E-state index in [1.165, 1.54) is 51.0 Å². The van der Waals surface area contributed by atoms with Gasteiger partial charge in [0.25, 0.3) is 0 Å². The number of thiophene rings is 1. The molecule has 295 valence electrons. The largest absolute Gasteiger partial charge is 0.332 e. The second kappa shape index (κ2) is 17.5. The molecule has 0 aliphatic carbocycles. The van der Waals surface area contributed by atoms with E-state index in [0.29, 0.717) is 11.3 Å². The van der Waals surface area contributed by atoms with Crippen molar-refractivity contribution in [2.45, 2.75) is 13.7 Å². The van der Waals surface area contributed by atoms with Crippen LogP contribution in [0.1, 0.15) is 19.4 Å². The molecule has 0 unspecified atom stereocenters. The summed E-state index contributed by atoms with van der Waals surface area (Å²) in [6, 6.07) is 68.8. The number of para-hydroxylation sites is 3. The number of benzene rings is 8. The van der Waals surface area contributed by atoms with Gasteiger partial charge in [0.2, 0.25) is 0 Å².